The number of anilines is 1. The van der Waals surface area contributed by atoms with E-state index in [9.17, 15) is 14.0 Å². The quantitative estimate of drug-likeness (QED) is 0.811. The number of carbonyl (C=O) groups is 2. The predicted octanol–water partition coefficient (Wildman–Crippen LogP) is 3.72. The molecule has 0 aliphatic rings. The Morgan fingerprint density at radius 3 is 2.44 bits per heavy atom. The third-order valence-corrected chi connectivity index (χ3v) is 3.49. The van der Waals surface area contributed by atoms with Gasteiger partial charge in [-0.15, -0.1) is 0 Å². The third kappa shape index (κ3) is 5.04. The highest BCUT2D eigenvalue weighted by Gasteiger charge is 2.16. The lowest BCUT2D eigenvalue weighted by molar-refractivity contribution is -0.122. The SMILES string of the molecule is CCOC(=O)c1ccc(NC(=O)[C@H](C)Oc2ccc(F)cc2)c(C)c1. The predicted molar refractivity (Wildman–Crippen MR) is 92.3 cm³/mol. The van der Waals surface area contributed by atoms with E-state index in [0.29, 0.717) is 23.6 Å². The van der Waals surface area contributed by atoms with Gasteiger partial charge in [0.25, 0.3) is 5.91 Å². The van der Waals surface area contributed by atoms with Crippen LogP contribution in [0.3, 0.4) is 0 Å². The summed E-state index contributed by atoms with van der Waals surface area (Å²) in [4.78, 5) is 24.0. The minimum absolute atomic E-state index is 0.300. The molecule has 132 valence electrons. The van der Waals surface area contributed by atoms with Gasteiger partial charge in [-0.1, -0.05) is 0 Å². The Labute approximate surface area is 145 Å². The molecule has 0 bridgehead atoms. The number of hydrogen-bond acceptors (Lipinski definition) is 4. The second-order valence-corrected chi connectivity index (χ2v) is 5.45. The highest BCUT2D eigenvalue weighted by atomic mass is 19.1. The summed E-state index contributed by atoms with van der Waals surface area (Å²) >= 11 is 0. The van der Waals surface area contributed by atoms with Gasteiger partial charge in [-0.05, 0) is 68.8 Å². The van der Waals surface area contributed by atoms with Crippen LogP contribution < -0.4 is 10.1 Å². The Balaban J connectivity index is 2.01. The zero-order valence-electron chi connectivity index (χ0n) is 14.3. The number of ether oxygens (including phenoxy) is 2. The molecule has 2 aromatic rings. The van der Waals surface area contributed by atoms with Gasteiger partial charge in [0.2, 0.25) is 0 Å². The molecule has 0 spiro atoms. The topological polar surface area (TPSA) is 64.6 Å². The number of halogens is 1. The van der Waals surface area contributed by atoms with Crippen molar-refractivity contribution in [2.75, 3.05) is 11.9 Å². The van der Waals surface area contributed by atoms with E-state index in [2.05, 4.69) is 5.32 Å². The highest BCUT2D eigenvalue weighted by Crippen LogP contribution is 2.19. The van der Waals surface area contributed by atoms with Crippen LogP contribution in [0.1, 0.15) is 29.8 Å². The molecular weight excluding hydrogens is 325 g/mol. The molecule has 2 rings (SSSR count). The van der Waals surface area contributed by atoms with Crippen molar-refractivity contribution in [3.05, 3.63) is 59.4 Å². The number of nitrogens with one attached hydrogen (secondary N) is 1. The summed E-state index contributed by atoms with van der Waals surface area (Å²) in [6, 6.07) is 10.3. The number of rotatable bonds is 6. The molecule has 6 heteroatoms. The number of hydrogen-bond donors (Lipinski definition) is 1. The molecule has 2 aromatic carbocycles. The van der Waals surface area contributed by atoms with E-state index in [1.807, 2.05) is 0 Å². The largest absolute Gasteiger partial charge is 0.481 e. The number of benzene rings is 2. The van der Waals surface area contributed by atoms with Gasteiger partial charge in [-0.3, -0.25) is 4.79 Å². The van der Waals surface area contributed by atoms with Crippen molar-refractivity contribution in [1.29, 1.82) is 0 Å². The molecule has 0 aliphatic carbocycles. The normalized spacial score (nSPS) is 11.5. The average molecular weight is 345 g/mol. The summed E-state index contributed by atoms with van der Waals surface area (Å²) < 4.78 is 23.3. The maximum atomic E-state index is 12.9. The minimum atomic E-state index is -0.769. The van der Waals surface area contributed by atoms with Gasteiger partial charge in [-0.25, -0.2) is 9.18 Å². The molecule has 0 aromatic heterocycles. The Morgan fingerprint density at radius 2 is 1.84 bits per heavy atom. The number of amides is 1. The second kappa shape index (κ2) is 8.28. The van der Waals surface area contributed by atoms with E-state index < -0.39 is 12.1 Å². The van der Waals surface area contributed by atoms with Crippen molar-refractivity contribution in [3.8, 4) is 5.75 Å². The molecule has 1 atom stereocenters. The molecule has 0 fully saturated rings. The number of carbonyl (C=O) groups excluding carboxylic acids is 2. The average Bonchev–Trinajstić information content (AvgIpc) is 2.58. The zero-order chi connectivity index (χ0) is 18.4. The molecule has 1 N–H and O–H groups in total. The molecule has 0 aliphatic heterocycles. The monoisotopic (exact) mass is 345 g/mol. The first-order chi connectivity index (χ1) is 11.9. The maximum absolute atomic E-state index is 12.9. The van der Waals surface area contributed by atoms with Crippen LogP contribution in [0.5, 0.6) is 5.75 Å². The molecule has 0 radical (unpaired) electrons. The van der Waals surface area contributed by atoms with Gasteiger partial charge in [0, 0.05) is 5.69 Å². The van der Waals surface area contributed by atoms with E-state index in [1.54, 1.807) is 39.0 Å². The molecule has 1 amide bonds. The highest BCUT2D eigenvalue weighted by molar-refractivity contribution is 5.96. The molecule has 0 heterocycles. The number of aryl methyl sites for hydroxylation is 1. The zero-order valence-corrected chi connectivity index (χ0v) is 14.3. The Kier molecular flexibility index (Phi) is 6.11. The van der Waals surface area contributed by atoms with Crippen LogP contribution in [0.25, 0.3) is 0 Å². The third-order valence-electron chi connectivity index (χ3n) is 3.49. The van der Waals surface area contributed by atoms with Gasteiger partial charge in [0.15, 0.2) is 6.10 Å². The standard InChI is InChI=1S/C19H20FNO4/c1-4-24-19(23)14-5-10-17(12(2)11-14)21-18(22)13(3)25-16-8-6-15(20)7-9-16/h5-11,13H,4H2,1-3H3,(H,21,22)/t13-/m0/s1. The van der Waals surface area contributed by atoms with Crippen LogP contribution in [0.15, 0.2) is 42.5 Å². The molecular formula is C19H20FNO4. The van der Waals surface area contributed by atoms with Gasteiger partial charge < -0.3 is 14.8 Å². The van der Waals surface area contributed by atoms with Crippen LogP contribution in [0.2, 0.25) is 0 Å². The van der Waals surface area contributed by atoms with Gasteiger partial charge in [-0.2, -0.15) is 0 Å². The maximum Gasteiger partial charge on any atom is 0.338 e. The van der Waals surface area contributed by atoms with E-state index in [-0.39, 0.29) is 11.7 Å². The van der Waals surface area contributed by atoms with Crippen molar-refractivity contribution >= 4 is 17.6 Å². The fraction of sp³-hybridized carbons (Fsp3) is 0.263. The van der Waals surface area contributed by atoms with E-state index in [4.69, 9.17) is 9.47 Å². The lowest BCUT2D eigenvalue weighted by Gasteiger charge is -2.16. The van der Waals surface area contributed by atoms with Crippen LogP contribution in [0, 0.1) is 12.7 Å². The number of esters is 1. The van der Waals surface area contributed by atoms with Crippen LogP contribution in [-0.2, 0) is 9.53 Å². The van der Waals surface area contributed by atoms with Crippen LogP contribution in [-0.4, -0.2) is 24.6 Å². The molecule has 5 nitrogen and oxygen atoms in total. The van der Waals surface area contributed by atoms with Crippen molar-refractivity contribution in [1.82, 2.24) is 0 Å². The molecule has 0 saturated heterocycles. The fourth-order valence-electron chi connectivity index (χ4n) is 2.15. The minimum Gasteiger partial charge on any atom is -0.481 e. The first kappa shape index (κ1) is 18.4. The first-order valence-electron chi connectivity index (χ1n) is 7.91. The Hall–Kier alpha value is -2.89. The van der Waals surface area contributed by atoms with Gasteiger partial charge in [0.1, 0.15) is 11.6 Å². The van der Waals surface area contributed by atoms with Crippen LogP contribution in [0.4, 0.5) is 10.1 Å². The van der Waals surface area contributed by atoms with E-state index >= 15 is 0 Å². The lowest BCUT2D eigenvalue weighted by atomic mass is 10.1. The first-order valence-corrected chi connectivity index (χ1v) is 7.91. The van der Waals surface area contributed by atoms with Crippen LogP contribution >= 0.6 is 0 Å². The summed E-state index contributed by atoms with van der Waals surface area (Å²) in [6.45, 7) is 5.42. The Morgan fingerprint density at radius 1 is 1.16 bits per heavy atom. The Bertz CT molecular complexity index is 759. The second-order valence-electron chi connectivity index (χ2n) is 5.45. The molecule has 0 unspecified atom stereocenters. The van der Waals surface area contributed by atoms with Crippen molar-refractivity contribution in [2.24, 2.45) is 0 Å². The summed E-state index contributed by atoms with van der Waals surface area (Å²) in [5.41, 5.74) is 1.73. The van der Waals surface area contributed by atoms with Crippen molar-refractivity contribution in [3.63, 3.8) is 0 Å². The van der Waals surface area contributed by atoms with Crippen molar-refractivity contribution < 1.29 is 23.5 Å². The van der Waals surface area contributed by atoms with Crippen molar-refractivity contribution in [2.45, 2.75) is 26.9 Å². The summed E-state index contributed by atoms with van der Waals surface area (Å²) in [6.07, 6.45) is -0.769. The molecule has 0 saturated carbocycles. The smallest absolute Gasteiger partial charge is 0.338 e. The summed E-state index contributed by atoms with van der Waals surface area (Å²) in [7, 11) is 0. The summed E-state index contributed by atoms with van der Waals surface area (Å²) in [5.74, 6) is -0.729. The lowest BCUT2D eigenvalue weighted by Crippen LogP contribution is -2.30. The summed E-state index contributed by atoms with van der Waals surface area (Å²) in [5, 5.41) is 2.75. The van der Waals surface area contributed by atoms with E-state index in [0.717, 1.165) is 5.56 Å². The fourth-order valence-corrected chi connectivity index (χ4v) is 2.15. The van der Waals surface area contributed by atoms with E-state index in [1.165, 1.54) is 24.3 Å². The van der Waals surface area contributed by atoms with Gasteiger partial charge >= 0.3 is 5.97 Å². The molecule has 25 heavy (non-hydrogen) atoms. The van der Waals surface area contributed by atoms with Gasteiger partial charge in [0.05, 0.1) is 12.2 Å².